The molecule has 0 aliphatic carbocycles. The van der Waals surface area contributed by atoms with Crippen LogP contribution in [0.3, 0.4) is 0 Å². The van der Waals surface area contributed by atoms with E-state index in [0.717, 1.165) is 32.6 Å². The molecule has 0 aromatic rings. The van der Waals surface area contributed by atoms with E-state index in [4.69, 9.17) is 0 Å². The zero-order valence-electron chi connectivity index (χ0n) is 11.7. The number of allylic oxidation sites excluding steroid dienone is 1. The number of rotatable bonds is 10. The molecule has 0 aliphatic heterocycles. The van der Waals surface area contributed by atoms with Gasteiger partial charge in [0.15, 0.2) is 0 Å². The molecule has 0 aromatic carbocycles. The van der Waals surface area contributed by atoms with Crippen molar-refractivity contribution < 1.29 is 4.79 Å². The smallest absolute Gasteiger partial charge is 0.223 e. The molecule has 0 heterocycles. The van der Waals surface area contributed by atoms with Crippen LogP contribution in [-0.4, -0.2) is 37.0 Å². The maximum absolute atomic E-state index is 11.5. The zero-order valence-corrected chi connectivity index (χ0v) is 11.7. The van der Waals surface area contributed by atoms with Crippen LogP contribution in [0, 0.1) is 0 Å². The van der Waals surface area contributed by atoms with Crippen molar-refractivity contribution in [3.8, 4) is 0 Å². The highest BCUT2D eigenvalue weighted by Gasteiger charge is 2.00. The van der Waals surface area contributed by atoms with Gasteiger partial charge in [-0.25, -0.2) is 0 Å². The quantitative estimate of drug-likeness (QED) is 0.470. The molecule has 0 atom stereocenters. The molecule has 3 nitrogen and oxygen atoms in total. The normalized spacial score (nSPS) is 11.3. The van der Waals surface area contributed by atoms with Gasteiger partial charge in [0.1, 0.15) is 0 Å². The standard InChI is InChI=1S/C14H28N2O/c1-4-7-8-9-10-11-14(17)15-12-13-16(5-2)6-3/h9-10H,4-8,11-13H2,1-3H3,(H,15,17)/b10-9+. The van der Waals surface area contributed by atoms with Gasteiger partial charge in [-0.15, -0.1) is 0 Å². The van der Waals surface area contributed by atoms with Gasteiger partial charge < -0.3 is 10.2 Å². The summed E-state index contributed by atoms with van der Waals surface area (Å²) in [7, 11) is 0. The molecule has 3 heteroatoms. The van der Waals surface area contributed by atoms with Crippen LogP contribution >= 0.6 is 0 Å². The Morgan fingerprint density at radius 1 is 1.18 bits per heavy atom. The highest BCUT2D eigenvalue weighted by Crippen LogP contribution is 1.96. The lowest BCUT2D eigenvalue weighted by Gasteiger charge is -2.17. The molecule has 0 aliphatic rings. The van der Waals surface area contributed by atoms with E-state index in [1.165, 1.54) is 12.8 Å². The van der Waals surface area contributed by atoms with Gasteiger partial charge in [0.25, 0.3) is 0 Å². The zero-order chi connectivity index (χ0) is 12.9. The van der Waals surface area contributed by atoms with Crippen molar-refractivity contribution in [2.75, 3.05) is 26.2 Å². The first-order valence-electron chi connectivity index (χ1n) is 6.88. The Morgan fingerprint density at radius 3 is 2.47 bits per heavy atom. The van der Waals surface area contributed by atoms with E-state index in [2.05, 4.69) is 37.1 Å². The van der Waals surface area contributed by atoms with E-state index in [1.807, 2.05) is 6.08 Å². The SMILES string of the molecule is CCCC/C=C/CC(=O)NCCN(CC)CC. The van der Waals surface area contributed by atoms with Gasteiger partial charge >= 0.3 is 0 Å². The van der Waals surface area contributed by atoms with Crippen LogP contribution in [0.2, 0.25) is 0 Å². The first-order chi connectivity index (χ1) is 8.24. The van der Waals surface area contributed by atoms with Gasteiger partial charge in [0.2, 0.25) is 5.91 Å². The van der Waals surface area contributed by atoms with Crippen molar-refractivity contribution in [2.24, 2.45) is 0 Å². The average Bonchev–Trinajstić information content (AvgIpc) is 2.34. The third kappa shape index (κ3) is 10.1. The van der Waals surface area contributed by atoms with Crippen molar-refractivity contribution in [3.63, 3.8) is 0 Å². The van der Waals surface area contributed by atoms with Gasteiger partial charge in [-0.3, -0.25) is 4.79 Å². The molecule has 0 rings (SSSR count). The fraction of sp³-hybridized carbons (Fsp3) is 0.786. The van der Waals surface area contributed by atoms with Crippen molar-refractivity contribution in [1.29, 1.82) is 0 Å². The van der Waals surface area contributed by atoms with E-state index in [-0.39, 0.29) is 5.91 Å². The summed E-state index contributed by atoms with van der Waals surface area (Å²) in [6.45, 7) is 10.2. The number of nitrogens with one attached hydrogen (secondary N) is 1. The minimum atomic E-state index is 0.130. The van der Waals surface area contributed by atoms with E-state index < -0.39 is 0 Å². The molecule has 0 fully saturated rings. The summed E-state index contributed by atoms with van der Waals surface area (Å²) in [5, 5.41) is 2.94. The van der Waals surface area contributed by atoms with Crippen LogP contribution in [0.4, 0.5) is 0 Å². The molecule has 0 saturated heterocycles. The van der Waals surface area contributed by atoms with Gasteiger partial charge in [-0.1, -0.05) is 45.8 Å². The second kappa shape index (κ2) is 11.6. The van der Waals surface area contributed by atoms with Crippen molar-refractivity contribution in [3.05, 3.63) is 12.2 Å². The van der Waals surface area contributed by atoms with E-state index in [0.29, 0.717) is 6.42 Å². The molecular formula is C14H28N2O. The van der Waals surface area contributed by atoms with Gasteiger partial charge in [0, 0.05) is 19.5 Å². The Hall–Kier alpha value is -0.830. The minimum Gasteiger partial charge on any atom is -0.355 e. The van der Waals surface area contributed by atoms with Crippen molar-refractivity contribution in [1.82, 2.24) is 10.2 Å². The Kier molecular flexibility index (Phi) is 11.1. The maximum Gasteiger partial charge on any atom is 0.223 e. The number of nitrogens with zero attached hydrogens (tertiary/aromatic N) is 1. The lowest BCUT2D eigenvalue weighted by molar-refractivity contribution is -0.120. The number of unbranched alkanes of at least 4 members (excludes halogenated alkanes) is 2. The van der Waals surface area contributed by atoms with E-state index >= 15 is 0 Å². The first-order valence-corrected chi connectivity index (χ1v) is 6.88. The van der Waals surface area contributed by atoms with Gasteiger partial charge in [-0.2, -0.15) is 0 Å². The van der Waals surface area contributed by atoms with Crippen LogP contribution in [-0.2, 0) is 4.79 Å². The monoisotopic (exact) mass is 240 g/mol. The number of likely N-dealkylation sites (N-methyl/N-ethyl adjacent to an activating group) is 1. The predicted octanol–water partition coefficient (Wildman–Crippen LogP) is 2.58. The van der Waals surface area contributed by atoms with Crippen molar-refractivity contribution >= 4 is 5.91 Å². The van der Waals surface area contributed by atoms with Crippen LogP contribution in [0.15, 0.2) is 12.2 Å². The van der Waals surface area contributed by atoms with Crippen molar-refractivity contribution in [2.45, 2.75) is 46.5 Å². The van der Waals surface area contributed by atoms with Crippen LogP contribution in [0.5, 0.6) is 0 Å². The van der Waals surface area contributed by atoms with Crippen LogP contribution in [0.1, 0.15) is 46.5 Å². The molecule has 100 valence electrons. The average molecular weight is 240 g/mol. The van der Waals surface area contributed by atoms with Gasteiger partial charge in [0.05, 0.1) is 0 Å². The highest BCUT2D eigenvalue weighted by atomic mass is 16.1. The first kappa shape index (κ1) is 16.2. The Balaban J connectivity index is 3.49. The molecule has 0 radical (unpaired) electrons. The molecule has 0 saturated carbocycles. The fourth-order valence-electron chi connectivity index (χ4n) is 1.60. The molecule has 1 amide bonds. The fourth-order valence-corrected chi connectivity index (χ4v) is 1.60. The summed E-state index contributed by atoms with van der Waals surface area (Å²) in [4.78, 5) is 13.8. The lowest BCUT2D eigenvalue weighted by atomic mass is 10.2. The Bertz CT molecular complexity index is 210. The molecule has 0 aromatic heterocycles. The predicted molar refractivity (Wildman–Crippen MR) is 74.1 cm³/mol. The lowest BCUT2D eigenvalue weighted by Crippen LogP contribution is -2.34. The number of hydrogen-bond acceptors (Lipinski definition) is 2. The number of carbonyl (C=O) groups is 1. The molecule has 1 N–H and O–H groups in total. The minimum absolute atomic E-state index is 0.130. The molecule has 0 unspecified atom stereocenters. The number of carbonyl (C=O) groups excluding carboxylic acids is 1. The molecular weight excluding hydrogens is 212 g/mol. The Labute approximate surface area is 106 Å². The number of amides is 1. The second-order valence-corrected chi connectivity index (χ2v) is 4.19. The van der Waals surface area contributed by atoms with Crippen LogP contribution < -0.4 is 5.32 Å². The molecule has 17 heavy (non-hydrogen) atoms. The summed E-state index contributed by atoms with van der Waals surface area (Å²) in [5.41, 5.74) is 0. The highest BCUT2D eigenvalue weighted by molar-refractivity contribution is 5.77. The largest absolute Gasteiger partial charge is 0.355 e. The summed E-state index contributed by atoms with van der Waals surface area (Å²) >= 11 is 0. The van der Waals surface area contributed by atoms with Gasteiger partial charge in [-0.05, 0) is 19.5 Å². The summed E-state index contributed by atoms with van der Waals surface area (Å²) in [6.07, 6.45) is 8.10. The summed E-state index contributed by atoms with van der Waals surface area (Å²) < 4.78 is 0. The summed E-state index contributed by atoms with van der Waals surface area (Å²) in [6, 6.07) is 0. The molecule has 0 bridgehead atoms. The number of hydrogen-bond donors (Lipinski definition) is 1. The maximum atomic E-state index is 11.5. The Morgan fingerprint density at radius 2 is 1.88 bits per heavy atom. The third-order valence-electron chi connectivity index (χ3n) is 2.84. The van der Waals surface area contributed by atoms with E-state index in [9.17, 15) is 4.79 Å². The van der Waals surface area contributed by atoms with E-state index in [1.54, 1.807) is 0 Å². The summed E-state index contributed by atoms with van der Waals surface area (Å²) in [5.74, 6) is 0.130. The second-order valence-electron chi connectivity index (χ2n) is 4.19. The topological polar surface area (TPSA) is 32.3 Å². The molecule has 0 spiro atoms. The van der Waals surface area contributed by atoms with Crippen LogP contribution in [0.25, 0.3) is 0 Å². The third-order valence-corrected chi connectivity index (χ3v) is 2.84.